The Morgan fingerprint density at radius 2 is 1.81 bits per heavy atom. The topological polar surface area (TPSA) is 0 Å². The van der Waals surface area contributed by atoms with Crippen LogP contribution in [0.2, 0.25) is 0 Å². The molecule has 2 rings (SSSR count). The molecule has 1 aromatic carbocycles. The molecule has 0 radical (unpaired) electrons. The molecule has 0 amide bonds. The molecule has 1 saturated carbocycles. The average Bonchev–Trinajstić information content (AvgIpc) is 2.98. The predicted octanol–water partition coefficient (Wildman–Crippen LogP) is 4.64. The van der Waals surface area contributed by atoms with Crippen molar-refractivity contribution in [2.45, 2.75) is 51.3 Å². The van der Waals surface area contributed by atoms with Gasteiger partial charge in [-0.1, -0.05) is 29.3 Å². The second kappa shape index (κ2) is 5.23. The molecule has 0 saturated heterocycles. The number of alkyl halides is 1. The Kier molecular flexibility index (Phi) is 3.91. The van der Waals surface area contributed by atoms with Gasteiger partial charge < -0.3 is 0 Å². The van der Waals surface area contributed by atoms with Crippen LogP contribution >= 0.6 is 11.6 Å². The van der Waals surface area contributed by atoms with E-state index in [0.29, 0.717) is 5.38 Å². The van der Waals surface area contributed by atoms with Crippen LogP contribution in [0, 0.1) is 19.8 Å². The van der Waals surface area contributed by atoms with Gasteiger partial charge in [-0.05, 0) is 57.4 Å². The van der Waals surface area contributed by atoms with Crippen LogP contribution in [0.25, 0.3) is 0 Å². The molecule has 1 aliphatic carbocycles. The molecule has 0 heterocycles. The van der Waals surface area contributed by atoms with Crippen LogP contribution in [0.1, 0.15) is 42.4 Å². The van der Waals surface area contributed by atoms with Gasteiger partial charge in [0.15, 0.2) is 0 Å². The highest BCUT2D eigenvalue weighted by atomic mass is 35.5. The molecule has 16 heavy (non-hydrogen) atoms. The molecule has 1 unspecified atom stereocenters. The van der Waals surface area contributed by atoms with E-state index in [4.69, 9.17) is 11.6 Å². The van der Waals surface area contributed by atoms with Crippen molar-refractivity contribution in [1.29, 1.82) is 0 Å². The largest absolute Gasteiger partial charge is 0.123 e. The fourth-order valence-electron chi connectivity index (χ4n) is 2.41. The van der Waals surface area contributed by atoms with Gasteiger partial charge in [0.2, 0.25) is 0 Å². The number of hydrogen-bond acceptors (Lipinski definition) is 0. The summed E-state index contributed by atoms with van der Waals surface area (Å²) in [6, 6.07) is 6.83. The fraction of sp³-hybridized carbons (Fsp3) is 0.600. The highest BCUT2D eigenvalue weighted by molar-refractivity contribution is 6.20. The van der Waals surface area contributed by atoms with Crippen molar-refractivity contribution in [2.75, 3.05) is 0 Å². The Hall–Kier alpha value is -0.490. The Morgan fingerprint density at radius 3 is 2.38 bits per heavy atom. The third-order valence-electron chi connectivity index (χ3n) is 3.36. The summed E-state index contributed by atoms with van der Waals surface area (Å²) in [7, 11) is 0. The molecule has 0 bridgehead atoms. The molecule has 0 spiro atoms. The molecule has 1 fully saturated rings. The van der Waals surface area contributed by atoms with Crippen LogP contribution in [0.5, 0.6) is 0 Å². The summed E-state index contributed by atoms with van der Waals surface area (Å²) in [5.74, 6) is 0.834. The first kappa shape index (κ1) is 12.0. The van der Waals surface area contributed by atoms with Crippen LogP contribution in [0.3, 0.4) is 0 Å². The minimum atomic E-state index is 0.436. The van der Waals surface area contributed by atoms with E-state index in [1.165, 1.54) is 48.8 Å². The van der Waals surface area contributed by atoms with E-state index >= 15 is 0 Å². The predicted molar refractivity (Wildman–Crippen MR) is 71.2 cm³/mol. The summed E-state index contributed by atoms with van der Waals surface area (Å²) in [6.45, 7) is 4.34. The lowest BCUT2D eigenvalue weighted by Crippen LogP contribution is -2.01. The van der Waals surface area contributed by atoms with E-state index in [-0.39, 0.29) is 0 Å². The highest BCUT2D eigenvalue weighted by Gasteiger charge is 2.28. The summed E-state index contributed by atoms with van der Waals surface area (Å²) in [5.41, 5.74) is 4.22. The molecule has 1 aliphatic rings. The standard InChI is InChI=1S/C15H21Cl/c1-11-8-12(2)10-13(9-11)4-3-5-15(16)14-6-7-14/h8-10,14-15H,3-7H2,1-2H3. The molecule has 0 N–H and O–H groups in total. The molecule has 88 valence electrons. The van der Waals surface area contributed by atoms with Gasteiger partial charge in [-0.3, -0.25) is 0 Å². The summed E-state index contributed by atoms with van der Waals surface area (Å²) < 4.78 is 0. The molecular formula is C15H21Cl. The first-order chi connectivity index (χ1) is 7.65. The lowest BCUT2D eigenvalue weighted by Gasteiger charge is -2.08. The first-order valence-electron chi connectivity index (χ1n) is 6.36. The SMILES string of the molecule is Cc1cc(C)cc(CCCC(Cl)C2CC2)c1. The number of halogens is 1. The zero-order valence-corrected chi connectivity index (χ0v) is 11.1. The van der Waals surface area contributed by atoms with E-state index in [2.05, 4.69) is 32.0 Å². The third kappa shape index (κ3) is 3.52. The lowest BCUT2D eigenvalue weighted by atomic mass is 10.0. The van der Waals surface area contributed by atoms with E-state index < -0.39 is 0 Å². The number of aryl methyl sites for hydroxylation is 3. The maximum atomic E-state index is 6.31. The molecule has 1 aromatic rings. The molecule has 0 nitrogen and oxygen atoms in total. The summed E-state index contributed by atoms with van der Waals surface area (Å²) in [6.07, 6.45) is 6.31. The van der Waals surface area contributed by atoms with Gasteiger partial charge in [0.25, 0.3) is 0 Å². The highest BCUT2D eigenvalue weighted by Crippen LogP contribution is 2.37. The number of hydrogen-bond donors (Lipinski definition) is 0. The van der Waals surface area contributed by atoms with Crippen LogP contribution in [-0.4, -0.2) is 5.38 Å². The van der Waals surface area contributed by atoms with Gasteiger partial charge in [-0.25, -0.2) is 0 Å². The smallest absolute Gasteiger partial charge is 0.0364 e. The minimum Gasteiger partial charge on any atom is -0.123 e. The van der Waals surface area contributed by atoms with Crippen LogP contribution in [0.15, 0.2) is 18.2 Å². The average molecular weight is 237 g/mol. The van der Waals surface area contributed by atoms with Crippen molar-refractivity contribution in [3.63, 3.8) is 0 Å². The van der Waals surface area contributed by atoms with Crippen molar-refractivity contribution in [3.8, 4) is 0 Å². The Labute approximate surface area is 104 Å². The zero-order chi connectivity index (χ0) is 11.5. The second-order valence-electron chi connectivity index (χ2n) is 5.24. The second-order valence-corrected chi connectivity index (χ2v) is 5.80. The van der Waals surface area contributed by atoms with Gasteiger partial charge in [0.1, 0.15) is 0 Å². The Balaban J connectivity index is 1.79. The number of rotatable bonds is 5. The Bertz CT molecular complexity index is 332. The molecular weight excluding hydrogens is 216 g/mol. The van der Waals surface area contributed by atoms with E-state index in [9.17, 15) is 0 Å². The van der Waals surface area contributed by atoms with Crippen LogP contribution < -0.4 is 0 Å². The van der Waals surface area contributed by atoms with Crippen molar-refractivity contribution < 1.29 is 0 Å². The molecule has 0 aliphatic heterocycles. The maximum absolute atomic E-state index is 6.31. The van der Waals surface area contributed by atoms with Crippen molar-refractivity contribution in [2.24, 2.45) is 5.92 Å². The Morgan fingerprint density at radius 1 is 1.19 bits per heavy atom. The first-order valence-corrected chi connectivity index (χ1v) is 6.80. The monoisotopic (exact) mass is 236 g/mol. The quantitative estimate of drug-likeness (QED) is 0.654. The fourth-order valence-corrected chi connectivity index (χ4v) is 2.81. The van der Waals surface area contributed by atoms with Crippen molar-refractivity contribution in [3.05, 3.63) is 34.9 Å². The van der Waals surface area contributed by atoms with Crippen LogP contribution in [-0.2, 0) is 6.42 Å². The van der Waals surface area contributed by atoms with Crippen molar-refractivity contribution >= 4 is 11.6 Å². The molecule has 1 atom stereocenters. The van der Waals surface area contributed by atoms with Gasteiger partial charge in [-0.2, -0.15) is 0 Å². The minimum absolute atomic E-state index is 0.436. The maximum Gasteiger partial charge on any atom is 0.0364 e. The summed E-state index contributed by atoms with van der Waals surface area (Å²) in [4.78, 5) is 0. The van der Waals surface area contributed by atoms with E-state index in [1.807, 2.05) is 0 Å². The van der Waals surface area contributed by atoms with Gasteiger partial charge in [-0.15, -0.1) is 11.6 Å². The molecule has 1 heteroatoms. The summed E-state index contributed by atoms with van der Waals surface area (Å²) in [5, 5.41) is 0.436. The van der Waals surface area contributed by atoms with Crippen LogP contribution in [0.4, 0.5) is 0 Å². The number of benzene rings is 1. The zero-order valence-electron chi connectivity index (χ0n) is 10.3. The van der Waals surface area contributed by atoms with Gasteiger partial charge in [0.05, 0.1) is 0 Å². The van der Waals surface area contributed by atoms with Crippen molar-refractivity contribution in [1.82, 2.24) is 0 Å². The van der Waals surface area contributed by atoms with E-state index in [1.54, 1.807) is 0 Å². The third-order valence-corrected chi connectivity index (χ3v) is 3.93. The van der Waals surface area contributed by atoms with Gasteiger partial charge >= 0.3 is 0 Å². The lowest BCUT2D eigenvalue weighted by molar-refractivity contribution is 0.637. The van der Waals surface area contributed by atoms with Gasteiger partial charge in [0, 0.05) is 5.38 Å². The normalized spacial score (nSPS) is 17.4. The molecule has 0 aromatic heterocycles. The summed E-state index contributed by atoms with van der Waals surface area (Å²) >= 11 is 6.31. The van der Waals surface area contributed by atoms with E-state index in [0.717, 1.165) is 5.92 Å².